The summed E-state index contributed by atoms with van der Waals surface area (Å²) in [6.07, 6.45) is 2.04. The van der Waals surface area contributed by atoms with Crippen molar-refractivity contribution in [2.24, 2.45) is 0 Å². The van der Waals surface area contributed by atoms with Crippen molar-refractivity contribution >= 4 is 17.5 Å². The van der Waals surface area contributed by atoms with E-state index in [4.69, 9.17) is 10.8 Å². The number of carboxylic acids is 1. The molecule has 2 rings (SSSR count). The van der Waals surface area contributed by atoms with E-state index >= 15 is 0 Å². The van der Waals surface area contributed by atoms with Crippen LogP contribution < -0.4 is 10.6 Å². The average Bonchev–Trinajstić information content (AvgIpc) is 2.58. The Balaban J connectivity index is 2.34. The maximum absolute atomic E-state index is 10.9. The molecule has 0 aliphatic carbocycles. The standard InChI is InChI=1S/C11H15N3O3/c1-11(17)3-5-14(6-11)9-8(12)7(10(15)16)2-4-13-9/h2,4,17H,3,5-6,12H2,1H3,(H,15,16). The number of aromatic carboxylic acids is 1. The van der Waals surface area contributed by atoms with E-state index in [0.717, 1.165) is 0 Å². The molecule has 92 valence electrons. The topological polar surface area (TPSA) is 99.7 Å². The van der Waals surface area contributed by atoms with Crippen molar-refractivity contribution in [1.82, 2.24) is 4.98 Å². The highest BCUT2D eigenvalue weighted by atomic mass is 16.4. The molecule has 6 nitrogen and oxygen atoms in total. The number of nitrogen functional groups attached to an aromatic ring is 1. The van der Waals surface area contributed by atoms with E-state index in [-0.39, 0.29) is 11.3 Å². The second kappa shape index (κ2) is 3.89. The lowest BCUT2D eigenvalue weighted by atomic mass is 10.1. The summed E-state index contributed by atoms with van der Waals surface area (Å²) in [5, 5.41) is 18.8. The van der Waals surface area contributed by atoms with Crippen molar-refractivity contribution in [2.75, 3.05) is 23.7 Å². The zero-order valence-corrected chi connectivity index (χ0v) is 9.55. The normalized spacial score (nSPS) is 24.0. The Bertz CT molecular complexity index is 459. The molecule has 0 aromatic carbocycles. The van der Waals surface area contributed by atoms with Gasteiger partial charge >= 0.3 is 5.97 Å². The van der Waals surface area contributed by atoms with Crippen LogP contribution >= 0.6 is 0 Å². The first-order chi connectivity index (χ1) is 7.91. The zero-order valence-electron chi connectivity index (χ0n) is 9.55. The summed E-state index contributed by atoms with van der Waals surface area (Å²) in [5.74, 6) is -0.639. The molecular formula is C11H15N3O3. The highest BCUT2D eigenvalue weighted by Gasteiger charge is 2.33. The van der Waals surface area contributed by atoms with Gasteiger partial charge in [-0.25, -0.2) is 9.78 Å². The number of pyridine rings is 1. The third-order valence-electron chi connectivity index (χ3n) is 2.95. The lowest BCUT2D eigenvalue weighted by Gasteiger charge is -2.21. The van der Waals surface area contributed by atoms with Gasteiger partial charge in [0.25, 0.3) is 0 Å². The number of carboxylic acid groups (broad SMARTS) is 1. The summed E-state index contributed by atoms with van der Waals surface area (Å²) in [6, 6.07) is 1.37. The van der Waals surface area contributed by atoms with Gasteiger partial charge in [-0.05, 0) is 19.4 Å². The van der Waals surface area contributed by atoms with E-state index in [1.807, 2.05) is 4.90 Å². The second-order valence-corrected chi connectivity index (χ2v) is 4.57. The molecule has 17 heavy (non-hydrogen) atoms. The molecule has 0 saturated carbocycles. The van der Waals surface area contributed by atoms with Gasteiger partial charge in [-0.15, -0.1) is 0 Å². The largest absolute Gasteiger partial charge is 0.478 e. The molecule has 0 radical (unpaired) electrons. The van der Waals surface area contributed by atoms with E-state index in [0.29, 0.717) is 25.3 Å². The molecule has 1 atom stereocenters. The van der Waals surface area contributed by atoms with Crippen LogP contribution in [0.2, 0.25) is 0 Å². The summed E-state index contributed by atoms with van der Waals surface area (Å²) in [6.45, 7) is 2.77. The Hall–Kier alpha value is -1.82. The first-order valence-corrected chi connectivity index (χ1v) is 5.36. The van der Waals surface area contributed by atoms with Crippen LogP contribution in [0.1, 0.15) is 23.7 Å². The predicted octanol–water partition coefficient (Wildman–Crippen LogP) is 0.323. The van der Waals surface area contributed by atoms with Gasteiger partial charge in [-0.3, -0.25) is 0 Å². The van der Waals surface area contributed by atoms with Crippen molar-refractivity contribution in [1.29, 1.82) is 0 Å². The molecule has 1 unspecified atom stereocenters. The highest BCUT2D eigenvalue weighted by molar-refractivity contribution is 5.96. The summed E-state index contributed by atoms with van der Waals surface area (Å²) in [7, 11) is 0. The molecule has 1 aromatic heterocycles. The lowest BCUT2D eigenvalue weighted by Crippen LogP contribution is -2.30. The fraction of sp³-hybridized carbons (Fsp3) is 0.455. The van der Waals surface area contributed by atoms with Crippen LogP contribution in [0, 0.1) is 0 Å². The summed E-state index contributed by atoms with van der Waals surface area (Å²) < 4.78 is 0. The molecule has 0 spiro atoms. The Kier molecular flexibility index (Phi) is 2.66. The number of hydrogen-bond donors (Lipinski definition) is 3. The maximum atomic E-state index is 10.9. The number of anilines is 2. The number of nitrogens with two attached hydrogens (primary N) is 1. The minimum absolute atomic E-state index is 0.0431. The summed E-state index contributed by atoms with van der Waals surface area (Å²) in [5.41, 5.74) is 5.21. The third-order valence-corrected chi connectivity index (χ3v) is 2.95. The first-order valence-electron chi connectivity index (χ1n) is 5.36. The van der Waals surface area contributed by atoms with Crippen LogP contribution in [-0.4, -0.2) is 39.9 Å². The third kappa shape index (κ3) is 2.16. The van der Waals surface area contributed by atoms with Gasteiger partial charge in [0.15, 0.2) is 5.82 Å². The second-order valence-electron chi connectivity index (χ2n) is 4.57. The monoisotopic (exact) mass is 237 g/mol. The van der Waals surface area contributed by atoms with E-state index in [1.165, 1.54) is 12.3 Å². The molecule has 1 saturated heterocycles. The van der Waals surface area contributed by atoms with Gasteiger partial charge in [0.2, 0.25) is 0 Å². The molecule has 2 heterocycles. The predicted molar refractivity (Wildman–Crippen MR) is 63.1 cm³/mol. The Morgan fingerprint density at radius 3 is 2.88 bits per heavy atom. The molecule has 4 N–H and O–H groups in total. The van der Waals surface area contributed by atoms with Gasteiger partial charge < -0.3 is 20.8 Å². The van der Waals surface area contributed by atoms with Crippen LogP contribution in [0.25, 0.3) is 0 Å². The average molecular weight is 237 g/mol. The lowest BCUT2D eigenvalue weighted by molar-refractivity contribution is 0.0697. The van der Waals surface area contributed by atoms with E-state index in [9.17, 15) is 9.90 Å². The minimum Gasteiger partial charge on any atom is -0.478 e. The fourth-order valence-corrected chi connectivity index (χ4v) is 2.03. The number of nitrogens with zero attached hydrogens (tertiary/aromatic N) is 2. The minimum atomic E-state index is -1.07. The quantitative estimate of drug-likeness (QED) is 0.685. The molecule has 1 aliphatic heterocycles. The van der Waals surface area contributed by atoms with Gasteiger partial charge in [0.05, 0.1) is 16.9 Å². The van der Waals surface area contributed by atoms with Crippen LogP contribution in [-0.2, 0) is 0 Å². The van der Waals surface area contributed by atoms with Crippen molar-refractivity contribution in [2.45, 2.75) is 18.9 Å². The molecule has 0 amide bonds. The molecule has 1 aromatic rings. The Morgan fingerprint density at radius 1 is 1.65 bits per heavy atom. The number of carbonyl (C=O) groups is 1. The molecular weight excluding hydrogens is 222 g/mol. The number of β-amino-alcohol motifs (C(OH)–C–C–N with tert-alkyl or cyclic N) is 1. The van der Waals surface area contributed by atoms with Gasteiger partial charge in [0, 0.05) is 19.3 Å². The van der Waals surface area contributed by atoms with E-state index in [2.05, 4.69) is 4.98 Å². The summed E-state index contributed by atoms with van der Waals surface area (Å²) in [4.78, 5) is 16.8. The number of rotatable bonds is 2. The Morgan fingerprint density at radius 2 is 2.35 bits per heavy atom. The summed E-state index contributed by atoms with van der Waals surface area (Å²) >= 11 is 0. The highest BCUT2D eigenvalue weighted by Crippen LogP contribution is 2.30. The van der Waals surface area contributed by atoms with E-state index in [1.54, 1.807) is 6.92 Å². The maximum Gasteiger partial charge on any atom is 0.337 e. The SMILES string of the molecule is CC1(O)CCN(c2nccc(C(=O)O)c2N)C1. The van der Waals surface area contributed by atoms with E-state index < -0.39 is 11.6 Å². The van der Waals surface area contributed by atoms with Gasteiger partial charge in [-0.2, -0.15) is 0 Å². The molecule has 6 heteroatoms. The van der Waals surface area contributed by atoms with Crippen molar-refractivity contribution < 1.29 is 15.0 Å². The van der Waals surface area contributed by atoms with Gasteiger partial charge in [-0.1, -0.05) is 0 Å². The first kappa shape index (κ1) is 11.7. The van der Waals surface area contributed by atoms with Crippen molar-refractivity contribution in [3.8, 4) is 0 Å². The van der Waals surface area contributed by atoms with Crippen LogP contribution in [0.4, 0.5) is 11.5 Å². The molecule has 1 aliphatic rings. The smallest absolute Gasteiger partial charge is 0.337 e. The molecule has 0 bridgehead atoms. The van der Waals surface area contributed by atoms with Crippen LogP contribution in [0.3, 0.4) is 0 Å². The van der Waals surface area contributed by atoms with Crippen LogP contribution in [0.15, 0.2) is 12.3 Å². The van der Waals surface area contributed by atoms with Crippen molar-refractivity contribution in [3.05, 3.63) is 17.8 Å². The van der Waals surface area contributed by atoms with Crippen LogP contribution in [0.5, 0.6) is 0 Å². The molecule has 1 fully saturated rings. The fourth-order valence-electron chi connectivity index (χ4n) is 2.03. The number of aromatic nitrogens is 1. The Labute approximate surface area is 98.7 Å². The number of hydrogen-bond acceptors (Lipinski definition) is 5. The van der Waals surface area contributed by atoms with Crippen molar-refractivity contribution in [3.63, 3.8) is 0 Å². The zero-order chi connectivity index (χ0) is 12.6. The van der Waals surface area contributed by atoms with Gasteiger partial charge in [0.1, 0.15) is 0 Å². The number of aliphatic hydroxyl groups is 1.